The molecule has 0 bridgehead atoms. The first-order valence-electron chi connectivity index (χ1n) is 11.4. The van der Waals surface area contributed by atoms with E-state index in [1.165, 1.54) is 5.56 Å². The van der Waals surface area contributed by atoms with Crippen molar-refractivity contribution in [3.8, 4) is 5.75 Å². The van der Waals surface area contributed by atoms with Gasteiger partial charge in [0.15, 0.2) is 5.82 Å². The smallest absolute Gasteiger partial charge is 0.256 e. The molecule has 0 aliphatic heterocycles. The molecule has 1 aromatic heterocycles. The highest BCUT2D eigenvalue weighted by atomic mass is 79.9. The number of hydrogen-bond donors (Lipinski definition) is 1. The summed E-state index contributed by atoms with van der Waals surface area (Å²) in [6, 6.07) is 20.9. The topological polar surface area (TPSA) is 56.1 Å². The molecule has 1 amide bonds. The summed E-state index contributed by atoms with van der Waals surface area (Å²) in [5.41, 5.74) is 3.70. The molecule has 0 aliphatic carbocycles. The molecule has 0 atom stereocenters. The molecule has 0 saturated carbocycles. The molecule has 0 spiro atoms. The highest BCUT2D eigenvalue weighted by molar-refractivity contribution is 9.10. The van der Waals surface area contributed by atoms with E-state index in [2.05, 4.69) is 59.2 Å². The van der Waals surface area contributed by atoms with Crippen molar-refractivity contribution in [1.29, 1.82) is 0 Å². The number of halogens is 3. The Balaban J connectivity index is 1.39. The van der Waals surface area contributed by atoms with E-state index in [4.69, 9.17) is 27.9 Å². The normalized spacial score (nSPS) is 11.4. The molecule has 5 nitrogen and oxygen atoms in total. The van der Waals surface area contributed by atoms with Gasteiger partial charge in [-0.2, -0.15) is 5.10 Å². The van der Waals surface area contributed by atoms with Crippen LogP contribution in [-0.2, 0) is 18.6 Å². The van der Waals surface area contributed by atoms with Gasteiger partial charge >= 0.3 is 0 Å². The molecule has 0 radical (unpaired) electrons. The lowest BCUT2D eigenvalue weighted by Gasteiger charge is -2.19. The van der Waals surface area contributed by atoms with E-state index in [-0.39, 0.29) is 11.3 Å². The van der Waals surface area contributed by atoms with Crippen LogP contribution >= 0.6 is 39.1 Å². The maximum atomic E-state index is 12.9. The number of amides is 1. The molecule has 1 heterocycles. The predicted molar refractivity (Wildman–Crippen MR) is 149 cm³/mol. The summed E-state index contributed by atoms with van der Waals surface area (Å²) in [5.74, 6) is 0.960. The van der Waals surface area contributed by atoms with Crippen molar-refractivity contribution in [2.24, 2.45) is 0 Å². The Bertz CT molecular complexity index is 1380. The predicted octanol–water partition coefficient (Wildman–Crippen LogP) is 8.13. The fourth-order valence-corrected chi connectivity index (χ4v) is 4.32. The van der Waals surface area contributed by atoms with E-state index < -0.39 is 0 Å². The lowest BCUT2D eigenvalue weighted by atomic mass is 9.87. The van der Waals surface area contributed by atoms with Gasteiger partial charge < -0.3 is 10.1 Å². The van der Waals surface area contributed by atoms with Crippen LogP contribution in [0.4, 0.5) is 5.82 Å². The van der Waals surface area contributed by atoms with Gasteiger partial charge in [0.25, 0.3) is 5.91 Å². The van der Waals surface area contributed by atoms with E-state index in [9.17, 15) is 4.79 Å². The minimum Gasteiger partial charge on any atom is -0.489 e. The standard InChI is InChI=1S/C28H26BrCl2N3O2/c1-28(2,3)21-8-10-22(11-9-21)36-17-19-5-4-6-20(13-19)27(35)32-26-23(29)16-34(33-26)15-18-7-12-24(30)25(31)14-18/h4-14,16H,15,17H2,1-3H3,(H,32,33,35). The molecule has 0 unspecified atom stereocenters. The van der Waals surface area contributed by atoms with Crippen molar-refractivity contribution in [3.63, 3.8) is 0 Å². The van der Waals surface area contributed by atoms with Crippen LogP contribution < -0.4 is 10.1 Å². The molecule has 0 fully saturated rings. The molecular formula is C28H26BrCl2N3O2. The van der Waals surface area contributed by atoms with Gasteiger partial charge in [-0.25, -0.2) is 0 Å². The number of ether oxygens (including phenoxy) is 1. The van der Waals surface area contributed by atoms with Crippen molar-refractivity contribution in [2.75, 3.05) is 5.32 Å². The number of aromatic nitrogens is 2. The molecule has 36 heavy (non-hydrogen) atoms. The number of hydrogen-bond acceptors (Lipinski definition) is 3. The van der Waals surface area contributed by atoms with Crippen LogP contribution in [0.1, 0.15) is 47.8 Å². The van der Waals surface area contributed by atoms with Crippen molar-refractivity contribution < 1.29 is 9.53 Å². The zero-order chi connectivity index (χ0) is 25.9. The third-order valence-electron chi connectivity index (χ3n) is 5.59. The number of carbonyl (C=O) groups is 1. The van der Waals surface area contributed by atoms with Gasteiger partial charge in [0, 0.05) is 11.8 Å². The third kappa shape index (κ3) is 6.69. The van der Waals surface area contributed by atoms with Gasteiger partial charge in [-0.1, -0.05) is 74.3 Å². The summed E-state index contributed by atoms with van der Waals surface area (Å²) in [4.78, 5) is 12.9. The quantitative estimate of drug-likeness (QED) is 0.238. The summed E-state index contributed by atoms with van der Waals surface area (Å²) in [6.45, 7) is 7.38. The Morgan fingerprint density at radius 2 is 1.75 bits per heavy atom. The van der Waals surface area contributed by atoms with Crippen LogP contribution in [0.5, 0.6) is 5.75 Å². The van der Waals surface area contributed by atoms with Gasteiger partial charge in [0.1, 0.15) is 12.4 Å². The van der Waals surface area contributed by atoms with Crippen molar-refractivity contribution in [3.05, 3.63) is 110 Å². The third-order valence-corrected chi connectivity index (χ3v) is 6.91. The monoisotopic (exact) mass is 585 g/mol. The molecular weight excluding hydrogens is 561 g/mol. The molecule has 0 saturated heterocycles. The number of rotatable bonds is 7. The SMILES string of the molecule is CC(C)(C)c1ccc(OCc2cccc(C(=O)Nc3nn(Cc4ccc(Cl)c(Cl)c4)cc3Br)c2)cc1. The average molecular weight is 587 g/mol. The van der Waals surface area contributed by atoms with Crippen molar-refractivity contribution >= 4 is 50.9 Å². The van der Waals surface area contributed by atoms with E-state index in [0.29, 0.717) is 39.1 Å². The van der Waals surface area contributed by atoms with Crippen LogP contribution in [0.2, 0.25) is 10.0 Å². The summed E-state index contributed by atoms with van der Waals surface area (Å²) in [5, 5.41) is 8.34. The minimum atomic E-state index is -0.258. The second kappa shape index (κ2) is 11.1. The molecule has 8 heteroatoms. The fourth-order valence-electron chi connectivity index (χ4n) is 3.59. The van der Waals surface area contributed by atoms with E-state index >= 15 is 0 Å². The van der Waals surface area contributed by atoms with Crippen LogP contribution in [-0.4, -0.2) is 15.7 Å². The summed E-state index contributed by atoms with van der Waals surface area (Å²) in [6.07, 6.45) is 1.80. The number of anilines is 1. The lowest BCUT2D eigenvalue weighted by molar-refractivity contribution is 0.102. The maximum absolute atomic E-state index is 12.9. The Hall–Kier alpha value is -2.80. The molecule has 0 aliphatic rings. The number of carbonyl (C=O) groups excluding carboxylic acids is 1. The number of nitrogens with zero attached hydrogens (tertiary/aromatic N) is 2. The van der Waals surface area contributed by atoms with Crippen LogP contribution in [0.3, 0.4) is 0 Å². The molecule has 1 N–H and O–H groups in total. The largest absolute Gasteiger partial charge is 0.489 e. The zero-order valence-electron chi connectivity index (χ0n) is 20.2. The Kier molecular flexibility index (Phi) is 8.08. The Morgan fingerprint density at radius 1 is 1.00 bits per heavy atom. The lowest BCUT2D eigenvalue weighted by Crippen LogP contribution is -2.13. The van der Waals surface area contributed by atoms with E-state index in [1.54, 1.807) is 29.1 Å². The Morgan fingerprint density at radius 3 is 2.44 bits per heavy atom. The fraction of sp³-hybridized carbons (Fsp3) is 0.214. The van der Waals surface area contributed by atoms with Gasteiger partial charge in [-0.05, 0) is 74.4 Å². The summed E-state index contributed by atoms with van der Waals surface area (Å²) in [7, 11) is 0. The Labute approximate surface area is 229 Å². The summed E-state index contributed by atoms with van der Waals surface area (Å²) >= 11 is 15.6. The maximum Gasteiger partial charge on any atom is 0.256 e. The average Bonchev–Trinajstić information content (AvgIpc) is 3.18. The highest BCUT2D eigenvalue weighted by Gasteiger charge is 2.15. The van der Waals surface area contributed by atoms with Crippen molar-refractivity contribution in [1.82, 2.24) is 9.78 Å². The first-order chi connectivity index (χ1) is 17.1. The molecule has 3 aromatic carbocycles. The first-order valence-corrected chi connectivity index (χ1v) is 12.9. The zero-order valence-corrected chi connectivity index (χ0v) is 23.3. The molecule has 4 rings (SSSR count). The van der Waals surface area contributed by atoms with Gasteiger partial charge in [0.05, 0.1) is 21.1 Å². The molecule has 4 aromatic rings. The number of benzene rings is 3. The highest BCUT2D eigenvalue weighted by Crippen LogP contribution is 2.26. The van der Waals surface area contributed by atoms with Crippen LogP contribution in [0.15, 0.2) is 77.4 Å². The second-order valence-corrected chi connectivity index (χ2v) is 11.2. The second-order valence-electron chi connectivity index (χ2n) is 9.49. The van der Waals surface area contributed by atoms with Crippen molar-refractivity contribution in [2.45, 2.75) is 39.3 Å². The van der Waals surface area contributed by atoms with Crippen LogP contribution in [0.25, 0.3) is 0 Å². The van der Waals surface area contributed by atoms with Crippen LogP contribution in [0, 0.1) is 0 Å². The van der Waals surface area contributed by atoms with E-state index in [1.807, 2.05) is 36.4 Å². The molecule has 186 valence electrons. The van der Waals surface area contributed by atoms with Gasteiger partial charge in [0.2, 0.25) is 0 Å². The summed E-state index contributed by atoms with van der Waals surface area (Å²) < 4.78 is 8.33. The minimum absolute atomic E-state index is 0.0919. The first kappa shape index (κ1) is 26.3. The van der Waals surface area contributed by atoms with E-state index in [0.717, 1.165) is 16.9 Å². The number of nitrogens with one attached hydrogen (secondary N) is 1. The van der Waals surface area contributed by atoms with Gasteiger partial charge in [-0.15, -0.1) is 0 Å². The van der Waals surface area contributed by atoms with Gasteiger partial charge in [-0.3, -0.25) is 9.48 Å².